The lowest BCUT2D eigenvalue weighted by molar-refractivity contribution is 0.580. The van der Waals surface area contributed by atoms with E-state index in [1.165, 1.54) is 6.07 Å². The first-order valence-electron chi connectivity index (χ1n) is 4.58. The zero-order chi connectivity index (χ0) is 10.7. The Balaban J connectivity index is 2.53. The molecule has 15 heavy (non-hydrogen) atoms. The lowest BCUT2D eigenvalue weighted by atomic mass is 10.1. The Bertz CT molecular complexity index is 456. The minimum absolute atomic E-state index is 0.441. The third-order valence-electron chi connectivity index (χ3n) is 2.15. The SMILES string of the molecule is Fc1ccc(-c2ccccc2)c(CBr)n1. The van der Waals surface area contributed by atoms with Crippen LogP contribution in [0.3, 0.4) is 0 Å². The van der Waals surface area contributed by atoms with Gasteiger partial charge >= 0.3 is 0 Å². The molecule has 0 spiro atoms. The zero-order valence-corrected chi connectivity index (χ0v) is 9.54. The van der Waals surface area contributed by atoms with Gasteiger partial charge in [-0.25, -0.2) is 4.98 Å². The molecule has 0 atom stereocenters. The Morgan fingerprint density at radius 3 is 2.47 bits per heavy atom. The number of aromatic nitrogens is 1. The first kappa shape index (κ1) is 10.3. The Kier molecular flexibility index (Phi) is 3.11. The first-order chi connectivity index (χ1) is 7.31. The number of halogens is 2. The van der Waals surface area contributed by atoms with Crippen molar-refractivity contribution >= 4 is 15.9 Å². The number of hydrogen-bond donors (Lipinski definition) is 0. The molecule has 1 nitrogen and oxygen atoms in total. The van der Waals surface area contributed by atoms with E-state index in [0.29, 0.717) is 5.33 Å². The lowest BCUT2D eigenvalue weighted by Crippen LogP contribution is -1.93. The van der Waals surface area contributed by atoms with Crippen LogP contribution in [0.15, 0.2) is 42.5 Å². The summed E-state index contributed by atoms with van der Waals surface area (Å²) in [5.74, 6) is -0.441. The molecule has 0 unspecified atom stereocenters. The number of benzene rings is 1. The molecule has 0 saturated carbocycles. The molecule has 0 bridgehead atoms. The summed E-state index contributed by atoms with van der Waals surface area (Å²) in [5.41, 5.74) is 2.74. The molecule has 1 aromatic carbocycles. The number of hydrogen-bond acceptors (Lipinski definition) is 1. The van der Waals surface area contributed by atoms with Gasteiger partial charge < -0.3 is 0 Å². The van der Waals surface area contributed by atoms with Crippen LogP contribution >= 0.6 is 15.9 Å². The Hall–Kier alpha value is -1.22. The van der Waals surface area contributed by atoms with Crippen LogP contribution in [0.2, 0.25) is 0 Å². The van der Waals surface area contributed by atoms with Gasteiger partial charge in [0.25, 0.3) is 0 Å². The summed E-state index contributed by atoms with van der Waals surface area (Å²) in [6, 6.07) is 13.0. The number of pyridine rings is 1. The molecule has 1 aromatic heterocycles. The van der Waals surface area contributed by atoms with E-state index in [0.717, 1.165) is 16.8 Å². The van der Waals surface area contributed by atoms with E-state index in [4.69, 9.17) is 0 Å². The summed E-state index contributed by atoms with van der Waals surface area (Å²) in [6.07, 6.45) is 0. The van der Waals surface area contributed by atoms with Gasteiger partial charge in [-0.15, -0.1) is 0 Å². The maximum Gasteiger partial charge on any atom is 0.213 e. The van der Waals surface area contributed by atoms with Crippen LogP contribution in [0.4, 0.5) is 4.39 Å². The highest BCUT2D eigenvalue weighted by Crippen LogP contribution is 2.23. The van der Waals surface area contributed by atoms with Gasteiger partial charge in [0.05, 0.1) is 5.69 Å². The maximum atomic E-state index is 12.9. The van der Waals surface area contributed by atoms with Crippen LogP contribution in [-0.2, 0) is 5.33 Å². The van der Waals surface area contributed by atoms with E-state index >= 15 is 0 Å². The molecule has 0 aliphatic rings. The van der Waals surface area contributed by atoms with Gasteiger partial charge in [-0.2, -0.15) is 4.39 Å². The van der Waals surface area contributed by atoms with Crippen molar-refractivity contribution in [2.24, 2.45) is 0 Å². The van der Waals surface area contributed by atoms with E-state index in [1.54, 1.807) is 6.07 Å². The van der Waals surface area contributed by atoms with Gasteiger partial charge in [-0.1, -0.05) is 46.3 Å². The van der Waals surface area contributed by atoms with Crippen LogP contribution in [-0.4, -0.2) is 4.98 Å². The topological polar surface area (TPSA) is 12.9 Å². The fourth-order valence-corrected chi connectivity index (χ4v) is 1.88. The van der Waals surface area contributed by atoms with Gasteiger partial charge in [0, 0.05) is 10.9 Å². The highest BCUT2D eigenvalue weighted by molar-refractivity contribution is 9.08. The van der Waals surface area contributed by atoms with Gasteiger partial charge in [-0.05, 0) is 17.7 Å². The van der Waals surface area contributed by atoms with Gasteiger partial charge in [0.1, 0.15) is 0 Å². The molecule has 2 aromatic rings. The van der Waals surface area contributed by atoms with Crippen molar-refractivity contribution in [3.63, 3.8) is 0 Å². The molecule has 0 radical (unpaired) electrons. The predicted octanol–water partition coefficient (Wildman–Crippen LogP) is 3.78. The van der Waals surface area contributed by atoms with Crippen molar-refractivity contribution < 1.29 is 4.39 Å². The zero-order valence-electron chi connectivity index (χ0n) is 7.95. The molecule has 0 saturated heterocycles. The molecule has 0 aliphatic carbocycles. The van der Waals surface area contributed by atoms with Crippen LogP contribution < -0.4 is 0 Å². The Morgan fingerprint density at radius 2 is 1.80 bits per heavy atom. The summed E-state index contributed by atoms with van der Waals surface area (Å²) < 4.78 is 12.9. The Labute approximate surface area is 96.1 Å². The summed E-state index contributed by atoms with van der Waals surface area (Å²) in [4.78, 5) is 3.85. The quantitative estimate of drug-likeness (QED) is 0.595. The van der Waals surface area contributed by atoms with Crippen LogP contribution in [0.5, 0.6) is 0 Å². The minimum atomic E-state index is -0.441. The summed E-state index contributed by atoms with van der Waals surface area (Å²) >= 11 is 3.31. The second kappa shape index (κ2) is 4.53. The summed E-state index contributed by atoms with van der Waals surface area (Å²) in [6.45, 7) is 0. The van der Waals surface area contributed by atoms with Crippen LogP contribution in [0.1, 0.15) is 5.69 Å². The fraction of sp³-hybridized carbons (Fsp3) is 0.0833. The molecule has 76 valence electrons. The van der Waals surface area contributed by atoms with E-state index in [-0.39, 0.29) is 0 Å². The molecule has 0 aliphatic heterocycles. The summed E-state index contributed by atoms with van der Waals surface area (Å²) in [5, 5.41) is 0.551. The molecular formula is C12H9BrFN. The van der Waals surface area contributed by atoms with E-state index in [2.05, 4.69) is 20.9 Å². The van der Waals surface area contributed by atoms with E-state index in [9.17, 15) is 4.39 Å². The molecular weight excluding hydrogens is 257 g/mol. The number of nitrogens with zero attached hydrogens (tertiary/aromatic N) is 1. The van der Waals surface area contributed by atoms with E-state index in [1.807, 2.05) is 30.3 Å². The highest BCUT2D eigenvalue weighted by Gasteiger charge is 2.06. The van der Waals surface area contributed by atoms with Crippen molar-refractivity contribution in [2.75, 3.05) is 0 Å². The maximum absolute atomic E-state index is 12.9. The summed E-state index contributed by atoms with van der Waals surface area (Å²) in [7, 11) is 0. The van der Waals surface area contributed by atoms with Crippen molar-refractivity contribution in [1.29, 1.82) is 0 Å². The second-order valence-corrected chi connectivity index (χ2v) is 3.69. The molecule has 0 fully saturated rings. The molecule has 3 heteroatoms. The second-order valence-electron chi connectivity index (χ2n) is 3.13. The minimum Gasteiger partial charge on any atom is -0.223 e. The highest BCUT2D eigenvalue weighted by atomic mass is 79.9. The average Bonchev–Trinajstić information content (AvgIpc) is 2.30. The largest absolute Gasteiger partial charge is 0.223 e. The normalized spacial score (nSPS) is 10.3. The molecule has 0 N–H and O–H groups in total. The van der Waals surface area contributed by atoms with Gasteiger partial charge in [0.15, 0.2) is 0 Å². The van der Waals surface area contributed by atoms with Crippen molar-refractivity contribution in [1.82, 2.24) is 4.98 Å². The monoisotopic (exact) mass is 265 g/mol. The van der Waals surface area contributed by atoms with Gasteiger partial charge in [-0.3, -0.25) is 0 Å². The number of rotatable bonds is 2. The number of alkyl halides is 1. The van der Waals surface area contributed by atoms with Crippen molar-refractivity contribution in [2.45, 2.75) is 5.33 Å². The smallest absolute Gasteiger partial charge is 0.213 e. The molecule has 0 amide bonds. The third-order valence-corrected chi connectivity index (χ3v) is 2.68. The molecule has 1 heterocycles. The van der Waals surface area contributed by atoms with Crippen molar-refractivity contribution in [3.05, 3.63) is 54.1 Å². The standard InChI is InChI=1S/C12H9BrFN/c13-8-11-10(6-7-12(14)15-11)9-4-2-1-3-5-9/h1-7H,8H2. The van der Waals surface area contributed by atoms with Crippen LogP contribution in [0, 0.1) is 5.95 Å². The lowest BCUT2D eigenvalue weighted by Gasteiger charge is -2.06. The van der Waals surface area contributed by atoms with Crippen LogP contribution in [0.25, 0.3) is 11.1 Å². The fourth-order valence-electron chi connectivity index (χ4n) is 1.46. The molecule has 2 rings (SSSR count). The third kappa shape index (κ3) is 2.23. The Morgan fingerprint density at radius 1 is 1.07 bits per heavy atom. The van der Waals surface area contributed by atoms with Gasteiger partial charge in [0.2, 0.25) is 5.95 Å². The predicted molar refractivity (Wildman–Crippen MR) is 62.3 cm³/mol. The van der Waals surface area contributed by atoms with Crippen molar-refractivity contribution in [3.8, 4) is 11.1 Å². The van der Waals surface area contributed by atoms with E-state index < -0.39 is 5.95 Å². The average molecular weight is 266 g/mol. The first-order valence-corrected chi connectivity index (χ1v) is 5.70.